The number of amides is 1. The first-order valence-corrected chi connectivity index (χ1v) is 6.36. The van der Waals surface area contributed by atoms with Gasteiger partial charge in [-0.2, -0.15) is 0 Å². The molecule has 21 heavy (non-hydrogen) atoms. The number of carbonyl (C=O) groups excluding carboxylic acids is 2. The van der Waals surface area contributed by atoms with Crippen LogP contribution >= 0.6 is 0 Å². The van der Waals surface area contributed by atoms with Crippen LogP contribution in [0.15, 0.2) is 48.5 Å². The largest absolute Gasteiger partial charge is 0.546 e. The lowest BCUT2D eigenvalue weighted by Gasteiger charge is -2.09. The molecule has 0 radical (unpaired) electrons. The maximum Gasteiger partial charge on any atom is 0.255 e. The minimum atomic E-state index is -1.29. The maximum atomic E-state index is 12.1. The van der Waals surface area contributed by atoms with Crippen molar-refractivity contribution in [2.75, 3.05) is 11.9 Å². The highest BCUT2D eigenvalue weighted by Crippen LogP contribution is 2.17. The van der Waals surface area contributed by atoms with Crippen molar-refractivity contribution in [2.24, 2.45) is 0 Å². The minimum Gasteiger partial charge on any atom is -0.546 e. The number of nitrogens with one attached hydrogen (secondary N) is 1. The fraction of sp³-hybridized carbons (Fsp3) is 0.125. The van der Waals surface area contributed by atoms with Gasteiger partial charge in [-0.1, -0.05) is 18.2 Å². The van der Waals surface area contributed by atoms with Crippen molar-refractivity contribution in [3.8, 4) is 5.75 Å². The van der Waals surface area contributed by atoms with Gasteiger partial charge in [0.2, 0.25) is 0 Å². The van der Waals surface area contributed by atoms with Crippen molar-refractivity contribution < 1.29 is 19.4 Å². The molecule has 0 spiro atoms. The molecule has 2 aromatic carbocycles. The Labute approximate surface area is 122 Å². The predicted octanol–water partition coefficient (Wildman–Crippen LogP) is 1.38. The van der Waals surface area contributed by atoms with E-state index < -0.39 is 12.6 Å². The first-order chi connectivity index (χ1) is 10.1. The molecule has 1 N–H and O–H groups in total. The van der Waals surface area contributed by atoms with Crippen LogP contribution in [0.5, 0.6) is 5.75 Å². The number of anilines is 1. The van der Waals surface area contributed by atoms with Crippen LogP contribution in [0.1, 0.15) is 15.9 Å². The van der Waals surface area contributed by atoms with Crippen molar-refractivity contribution in [1.82, 2.24) is 0 Å². The highest BCUT2D eigenvalue weighted by atomic mass is 16.5. The molecule has 0 aromatic heterocycles. The SMILES string of the molecule is Cc1ccccc1C(=O)Nc1ccc(OCC(=O)[O-])cc1. The number of benzene rings is 2. The van der Waals surface area contributed by atoms with E-state index in [9.17, 15) is 14.7 Å². The summed E-state index contributed by atoms with van der Waals surface area (Å²) in [4.78, 5) is 22.4. The van der Waals surface area contributed by atoms with Crippen molar-refractivity contribution >= 4 is 17.6 Å². The Bertz CT molecular complexity index is 650. The average molecular weight is 284 g/mol. The van der Waals surface area contributed by atoms with Crippen molar-refractivity contribution in [3.05, 3.63) is 59.7 Å². The van der Waals surface area contributed by atoms with E-state index in [-0.39, 0.29) is 5.91 Å². The van der Waals surface area contributed by atoms with E-state index in [1.54, 1.807) is 36.4 Å². The van der Waals surface area contributed by atoms with Crippen LogP contribution < -0.4 is 15.2 Å². The topological polar surface area (TPSA) is 78.5 Å². The third-order valence-corrected chi connectivity index (χ3v) is 2.86. The van der Waals surface area contributed by atoms with Gasteiger partial charge in [-0.25, -0.2) is 0 Å². The summed E-state index contributed by atoms with van der Waals surface area (Å²) in [5, 5.41) is 13.0. The lowest BCUT2D eigenvalue weighted by molar-refractivity contribution is -0.307. The molecule has 5 heteroatoms. The summed E-state index contributed by atoms with van der Waals surface area (Å²) in [6.45, 7) is 1.36. The van der Waals surface area contributed by atoms with Gasteiger partial charge >= 0.3 is 0 Å². The van der Waals surface area contributed by atoms with E-state index in [2.05, 4.69) is 5.32 Å². The lowest BCUT2D eigenvalue weighted by Crippen LogP contribution is -2.28. The Balaban J connectivity index is 2.02. The Kier molecular flexibility index (Phi) is 4.56. The first kappa shape index (κ1) is 14.6. The lowest BCUT2D eigenvalue weighted by atomic mass is 10.1. The molecule has 0 bridgehead atoms. The molecule has 0 fully saturated rings. The molecule has 108 valence electrons. The fourth-order valence-corrected chi connectivity index (χ4v) is 1.80. The zero-order valence-electron chi connectivity index (χ0n) is 11.5. The van der Waals surface area contributed by atoms with Gasteiger partial charge in [0, 0.05) is 11.3 Å². The van der Waals surface area contributed by atoms with E-state index in [1.165, 1.54) is 0 Å². The number of hydrogen-bond donors (Lipinski definition) is 1. The zero-order valence-corrected chi connectivity index (χ0v) is 11.5. The maximum absolute atomic E-state index is 12.1. The molecule has 1 amide bonds. The fourth-order valence-electron chi connectivity index (χ4n) is 1.80. The second-order valence-corrected chi connectivity index (χ2v) is 4.45. The number of aliphatic carboxylic acids is 1. The molecule has 5 nitrogen and oxygen atoms in total. The molecule has 2 rings (SSSR count). The van der Waals surface area contributed by atoms with Gasteiger partial charge in [-0.15, -0.1) is 0 Å². The average Bonchev–Trinajstić information content (AvgIpc) is 2.47. The number of carboxylic acid groups (broad SMARTS) is 1. The summed E-state index contributed by atoms with van der Waals surface area (Å²) in [5.74, 6) is -1.09. The van der Waals surface area contributed by atoms with Crippen molar-refractivity contribution in [2.45, 2.75) is 6.92 Å². The third kappa shape index (κ3) is 4.07. The molecule has 0 saturated heterocycles. The number of rotatable bonds is 5. The molecule has 0 aliphatic heterocycles. The summed E-state index contributed by atoms with van der Waals surface area (Å²) in [6, 6.07) is 13.7. The van der Waals surface area contributed by atoms with Gasteiger partial charge in [-0.3, -0.25) is 4.79 Å². The second-order valence-electron chi connectivity index (χ2n) is 4.45. The smallest absolute Gasteiger partial charge is 0.255 e. The highest BCUT2D eigenvalue weighted by Gasteiger charge is 2.08. The normalized spacial score (nSPS) is 9.95. The second kappa shape index (κ2) is 6.56. The highest BCUT2D eigenvalue weighted by molar-refractivity contribution is 6.05. The number of ether oxygens (including phenoxy) is 1. The molecule has 0 aliphatic rings. The summed E-state index contributed by atoms with van der Waals surface area (Å²) in [5.41, 5.74) is 2.10. The third-order valence-electron chi connectivity index (χ3n) is 2.86. The quantitative estimate of drug-likeness (QED) is 0.899. The van der Waals surface area contributed by atoms with E-state index in [0.717, 1.165) is 5.56 Å². The van der Waals surface area contributed by atoms with Gasteiger partial charge in [0.05, 0.1) is 5.97 Å². The summed E-state index contributed by atoms with van der Waals surface area (Å²) < 4.78 is 4.96. The van der Waals surface area contributed by atoms with Crippen LogP contribution in [0.25, 0.3) is 0 Å². The van der Waals surface area contributed by atoms with E-state index >= 15 is 0 Å². The van der Waals surface area contributed by atoms with E-state index in [1.807, 2.05) is 19.1 Å². The van der Waals surface area contributed by atoms with Crippen LogP contribution in [0.4, 0.5) is 5.69 Å². The van der Waals surface area contributed by atoms with Crippen molar-refractivity contribution in [1.29, 1.82) is 0 Å². The molecule has 0 unspecified atom stereocenters. The van der Waals surface area contributed by atoms with Gasteiger partial charge in [0.1, 0.15) is 12.4 Å². The van der Waals surface area contributed by atoms with Crippen LogP contribution in [0, 0.1) is 6.92 Å². The molecule has 2 aromatic rings. The number of hydrogen-bond acceptors (Lipinski definition) is 4. The molecule has 0 saturated carbocycles. The van der Waals surface area contributed by atoms with Gasteiger partial charge in [0.15, 0.2) is 0 Å². The van der Waals surface area contributed by atoms with Crippen LogP contribution in [-0.2, 0) is 4.79 Å². The van der Waals surface area contributed by atoms with E-state index in [0.29, 0.717) is 17.0 Å². The molecule has 0 aliphatic carbocycles. The number of carbonyl (C=O) groups is 2. The predicted molar refractivity (Wildman–Crippen MR) is 76.1 cm³/mol. The van der Waals surface area contributed by atoms with E-state index in [4.69, 9.17) is 4.74 Å². The van der Waals surface area contributed by atoms with Crippen molar-refractivity contribution in [3.63, 3.8) is 0 Å². The van der Waals surface area contributed by atoms with Crippen LogP contribution in [0.2, 0.25) is 0 Å². The van der Waals surface area contributed by atoms with Crippen LogP contribution in [0.3, 0.4) is 0 Å². The Morgan fingerprint density at radius 1 is 1.10 bits per heavy atom. The van der Waals surface area contributed by atoms with Gasteiger partial charge in [-0.05, 0) is 42.8 Å². The summed E-state index contributed by atoms with van der Waals surface area (Å²) >= 11 is 0. The Morgan fingerprint density at radius 3 is 2.38 bits per heavy atom. The van der Waals surface area contributed by atoms with Crippen LogP contribution in [-0.4, -0.2) is 18.5 Å². The monoisotopic (exact) mass is 284 g/mol. The molecule has 0 atom stereocenters. The standard InChI is InChI=1S/C16H15NO4/c1-11-4-2-3-5-14(11)16(20)17-12-6-8-13(9-7-12)21-10-15(18)19/h2-9H,10H2,1H3,(H,17,20)(H,18,19)/p-1. The molecular formula is C16H14NO4-. The summed E-state index contributed by atoms with van der Waals surface area (Å²) in [6.07, 6.45) is 0. The number of carboxylic acids is 1. The minimum absolute atomic E-state index is 0.198. The Hall–Kier alpha value is -2.82. The zero-order chi connectivity index (χ0) is 15.2. The van der Waals surface area contributed by atoms with Gasteiger partial charge < -0.3 is 20.0 Å². The van der Waals surface area contributed by atoms with Gasteiger partial charge in [0.25, 0.3) is 5.91 Å². The molecular weight excluding hydrogens is 270 g/mol. The first-order valence-electron chi connectivity index (χ1n) is 6.36. The Morgan fingerprint density at radius 2 is 1.76 bits per heavy atom. The summed E-state index contributed by atoms with van der Waals surface area (Å²) in [7, 11) is 0. The molecule has 0 heterocycles. The number of aryl methyl sites for hydroxylation is 1.